The van der Waals surface area contributed by atoms with Gasteiger partial charge in [0.05, 0.1) is 39.3 Å². The number of benzene rings is 2. The highest BCUT2D eigenvalue weighted by molar-refractivity contribution is 5.87. The van der Waals surface area contributed by atoms with Gasteiger partial charge in [-0.3, -0.25) is 9.59 Å². The van der Waals surface area contributed by atoms with Gasteiger partial charge in [-0.05, 0) is 82.5 Å². The number of hydrogen-bond donors (Lipinski definition) is 4. The van der Waals surface area contributed by atoms with Crippen molar-refractivity contribution < 1.29 is 57.4 Å². The van der Waals surface area contributed by atoms with Crippen molar-refractivity contribution in [2.45, 2.75) is 70.7 Å². The Bertz CT molecular complexity index is 1600. The number of amides is 3. The van der Waals surface area contributed by atoms with Gasteiger partial charge in [0, 0.05) is 11.8 Å². The van der Waals surface area contributed by atoms with Gasteiger partial charge in [0.25, 0.3) is 0 Å². The zero-order valence-electron chi connectivity index (χ0n) is 28.8. The second kappa shape index (κ2) is 13.4. The third kappa shape index (κ3) is 7.65. The summed E-state index contributed by atoms with van der Waals surface area (Å²) < 4.78 is 38.5. The smallest absolute Gasteiger partial charge is 0.408 e. The summed E-state index contributed by atoms with van der Waals surface area (Å²) in [4.78, 5) is 52.9. The van der Waals surface area contributed by atoms with E-state index in [1.807, 2.05) is 0 Å². The largest absolute Gasteiger partial charge is 0.502 e. The van der Waals surface area contributed by atoms with Crippen LogP contribution in [0.4, 0.5) is 9.59 Å². The number of carbonyl (C=O) groups excluding carboxylic acids is 4. The number of hydrogen-bond acceptors (Lipinski definition) is 12. The van der Waals surface area contributed by atoms with Gasteiger partial charge in [-0.15, -0.1) is 0 Å². The fraction of sp³-hybridized carbons (Fsp3) is 0.529. The number of rotatable bonds is 8. The van der Waals surface area contributed by atoms with Crippen molar-refractivity contribution in [3.63, 3.8) is 0 Å². The molecule has 15 heteroatoms. The zero-order valence-corrected chi connectivity index (χ0v) is 28.8. The van der Waals surface area contributed by atoms with Gasteiger partial charge < -0.3 is 54.2 Å². The lowest BCUT2D eigenvalue weighted by Gasteiger charge is -2.40. The van der Waals surface area contributed by atoms with E-state index in [0.717, 1.165) is 0 Å². The van der Waals surface area contributed by atoms with E-state index >= 15 is 0 Å². The lowest BCUT2D eigenvalue weighted by atomic mass is 9.65. The molecule has 5 rings (SSSR count). The molecule has 266 valence electrons. The second-order valence-corrected chi connectivity index (χ2v) is 14.0. The van der Waals surface area contributed by atoms with E-state index in [2.05, 4.69) is 16.0 Å². The zero-order chi connectivity index (χ0) is 35.8. The van der Waals surface area contributed by atoms with Gasteiger partial charge in [0.1, 0.15) is 17.2 Å². The Kier molecular flexibility index (Phi) is 9.66. The Morgan fingerprint density at radius 1 is 0.878 bits per heavy atom. The predicted octanol–water partition coefficient (Wildman–Crippen LogP) is 3.65. The number of ether oxygens (including phenoxy) is 7. The Morgan fingerprint density at radius 2 is 1.45 bits per heavy atom. The third-order valence-electron chi connectivity index (χ3n) is 8.20. The van der Waals surface area contributed by atoms with Crippen LogP contribution in [-0.2, 0) is 23.8 Å². The molecule has 1 unspecified atom stereocenters. The van der Waals surface area contributed by atoms with Gasteiger partial charge in [0.15, 0.2) is 23.0 Å². The third-order valence-corrected chi connectivity index (χ3v) is 8.20. The molecule has 49 heavy (non-hydrogen) atoms. The van der Waals surface area contributed by atoms with Gasteiger partial charge in [-0.25, -0.2) is 9.59 Å². The highest BCUT2D eigenvalue weighted by Crippen LogP contribution is 2.55. The number of aromatic hydroxyl groups is 1. The first-order valence-corrected chi connectivity index (χ1v) is 15.8. The maximum atomic E-state index is 14.1. The fourth-order valence-corrected chi connectivity index (χ4v) is 6.25. The molecule has 2 aromatic rings. The molecule has 2 aromatic carbocycles. The molecule has 15 nitrogen and oxygen atoms in total. The first kappa shape index (κ1) is 35.2. The number of cyclic esters (lactones) is 1. The summed E-state index contributed by atoms with van der Waals surface area (Å²) in [5, 5.41) is 18.7. The monoisotopic (exact) mass is 685 g/mol. The predicted molar refractivity (Wildman–Crippen MR) is 172 cm³/mol. The molecule has 0 saturated carbocycles. The Hall–Kier alpha value is -5.08. The van der Waals surface area contributed by atoms with Crippen molar-refractivity contribution in [2.75, 3.05) is 34.2 Å². The van der Waals surface area contributed by atoms with Crippen molar-refractivity contribution >= 4 is 24.1 Å². The Labute approximate surface area is 283 Å². The molecule has 1 aliphatic carbocycles. The molecule has 0 spiro atoms. The molecule has 1 fully saturated rings. The number of fused-ring (bicyclic) bond motifs is 3. The van der Waals surface area contributed by atoms with E-state index in [0.29, 0.717) is 28.2 Å². The maximum Gasteiger partial charge on any atom is 0.408 e. The molecule has 0 radical (unpaired) electrons. The van der Waals surface area contributed by atoms with Gasteiger partial charge in [0.2, 0.25) is 18.4 Å². The van der Waals surface area contributed by atoms with Crippen LogP contribution in [0, 0.1) is 11.8 Å². The number of esters is 1. The molecule has 3 aliphatic rings. The molecule has 3 amide bonds. The van der Waals surface area contributed by atoms with Crippen molar-refractivity contribution in [3.8, 4) is 28.7 Å². The summed E-state index contributed by atoms with van der Waals surface area (Å²) in [7, 11) is 2.81. The van der Waals surface area contributed by atoms with Crippen LogP contribution in [0.1, 0.15) is 70.2 Å². The van der Waals surface area contributed by atoms with Crippen LogP contribution in [0.5, 0.6) is 28.7 Å². The highest BCUT2D eigenvalue weighted by Gasteiger charge is 2.53. The number of alkyl carbamates (subject to hydrolysis) is 2. The van der Waals surface area contributed by atoms with Gasteiger partial charge in [-0.1, -0.05) is 0 Å². The van der Waals surface area contributed by atoms with Crippen LogP contribution in [0.2, 0.25) is 0 Å². The number of methoxy groups -OCH3 is 2. The Balaban J connectivity index is 1.54. The Morgan fingerprint density at radius 3 is 2.02 bits per heavy atom. The first-order valence-electron chi connectivity index (χ1n) is 15.8. The normalized spacial score (nSPS) is 21.3. The summed E-state index contributed by atoms with van der Waals surface area (Å²) >= 11 is 0. The van der Waals surface area contributed by atoms with Crippen molar-refractivity contribution in [1.29, 1.82) is 0 Å². The van der Waals surface area contributed by atoms with Crippen LogP contribution in [0.3, 0.4) is 0 Å². The first-order chi connectivity index (χ1) is 23.0. The molecule has 1 saturated heterocycles. The minimum absolute atomic E-state index is 0.0200. The van der Waals surface area contributed by atoms with Crippen molar-refractivity contribution in [3.05, 3.63) is 41.0 Å². The molecular formula is C34H43N3O12. The van der Waals surface area contributed by atoms with E-state index < -0.39 is 65.1 Å². The number of carbonyl (C=O) groups is 4. The van der Waals surface area contributed by atoms with E-state index in [-0.39, 0.29) is 37.2 Å². The average molecular weight is 686 g/mol. The molecule has 4 N–H and O–H groups in total. The van der Waals surface area contributed by atoms with Gasteiger partial charge in [-0.2, -0.15) is 0 Å². The van der Waals surface area contributed by atoms with Crippen molar-refractivity contribution in [1.82, 2.24) is 16.0 Å². The summed E-state index contributed by atoms with van der Waals surface area (Å²) in [6, 6.07) is 4.65. The standard InChI is InChI=1S/C34H43N3O12/c1-33(2,3)48-31(41)35-13-20(36-32(42)49-34(4,5)6)29(39)37-27-18-12-22-21(46-15-47-22)11-17(18)25(26-19(27)14-45-30(26)40)16-9-23(43-7)28(38)24(10-16)44-8/h9-12,19-20,25-27,38H,13-15H2,1-8H3,(H,35,41)(H,36,42)(H,37,39)/t19-,20?,25+,26-,27+/m0/s1. The van der Waals surface area contributed by atoms with E-state index in [4.69, 9.17) is 33.2 Å². The van der Waals surface area contributed by atoms with Crippen LogP contribution in [0.25, 0.3) is 0 Å². The van der Waals surface area contributed by atoms with E-state index in [1.54, 1.807) is 65.8 Å². The average Bonchev–Trinajstić information content (AvgIpc) is 3.62. The minimum Gasteiger partial charge on any atom is -0.502 e. The van der Waals surface area contributed by atoms with Crippen molar-refractivity contribution in [2.24, 2.45) is 11.8 Å². The maximum absolute atomic E-state index is 14.1. The molecule has 2 aliphatic heterocycles. The topological polar surface area (TPSA) is 189 Å². The van der Waals surface area contributed by atoms with Crippen LogP contribution >= 0.6 is 0 Å². The molecule has 0 aromatic heterocycles. The molecule has 5 atom stereocenters. The van der Waals surface area contributed by atoms with E-state index in [9.17, 15) is 24.3 Å². The second-order valence-electron chi connectivity index (χ2n) is 14.0. The number of phenolic OH excluding ortho intramolecular Hbond substituents is 1. The fourth-order valence-electron chi connectivity index (χ4n) is 6.25. The lowest BCUT2D eigenvalue weighted by Crippen LogP contribution is -2.55. The highest BCUT2D eigenvalue weighted by atomic mass is 16.7. The van der Waals surface area contributed by atoms with Crippen LogP contribution in [-0.4, -0.2) is 80.6 Å². The summed E-state index contributed by atoms with van der Waals surface area (Å²) in [6.07, 6.45) is -1.66. The lowest BCUT2D eigenvalue weighted by molar-refractivity contribution is -0.141. The molecular weight excluding hydrogens is 642 g/mol. The van der Waals surface area contributed by atoms with E-state index in [1.165, 1.54) is 14.2 Å². The molecule has 2 heterocycles. The molecule has 0 bridgehead atoms. The minimum atomic E-state index is -1.31. The quantitative estimate of drug-likeness (QED) is 0.234. The summed E-state index contributed by atoms with van der Waals surface area (Å²) in [5.74, 6) is -2.19. The number of nitrogens with one attached hydrogen (secondary N) is 3. The summed E-state index contributed by atoms with van der Waals surface area (Å²) in [6.45, 7) is 9.74. The van der Waals surface area contributed by atoms with Gasteiger partial charge >= 0.3 is 18.2 Å². The van der Waals surface area contributed by atoms with Crippen LogP contribution < -0.4 is 34.9 Å². The number of phenols is 1. The van der Waals surface area contributed by atoms with Crippen LogP contribution in [0.15, 0.2) is 24.3 Å². The summed E-state index contributed by atoms with van der Waals surface area (Å²) in [5.41, 5.74) is 0.177. The SMILES string of the molecule is COc1cc([C@@H]2c3cc4c(cc3[C@@H](NC(=O)C(CNC(=O)OC(C)(C)C)NC(=O)OC(C)(C)C)[C@H]3COC(=O)[C@H]23)OCO4)cc(OC)c1O.